The number of aliphatic imine (C=N–C) groups is 3. The average molecular weight is 861 g/mol. The topological polar surface area (TPSA) is 388 Å². The van der Waals surface area contributed by atoms with Crippen LogP contribution < -0.4 is 55.2 Å². The molecular formula is C34H36N16O12. The monoisotopic (exact) mass is 860 g/mol. The van der Waals surface area contributed by atoms with Crippen LogP contribution in [0.25, 0.3) is 5.70 Å². The summed E-state index contributed by atoms with van der Waals surface area (Å²) in [4.78, 5) is 116. The van der Waals surface area contributed by atoms with E-state index in [1.165, 1.54) is 20.8 Å². The van der Waals surface area contributed by atoms with Gasteiger partial charge in [-0.25, -0.2) is 24.2 Å². The van der Waals surface area contributed by atoms with Crippen molar-refractivity contribution in [3.63, 3.8) is 0 Å². The smallest absolute Gasteiger partial charge is 0.348 e. The number of H-pyrrole nitrogens is 4. The third-order valence-corrected chi connectivity index (χ3v) is 9.92. The molecule has 7 heterocycles. The Balaban J connectivity index is 1.56. The number of aryl methyl sites for hydroxylation is 1. The normalized spacial score (nSPS) is 18.3. The number of aromatic amines is 4. The summed E-state index contributed by atoms with van der Waals surface area (Å²) >= 11 is 0. The predicted molar refractivity (Wildman–Crippen MR) is 217 cm³/mol. The molecule has 324 valence electrons. The highest BCUT2D eigenvalue weighted by Gasteiger charge is 2.45. The molecule has 2 atom stereocenters. The molecule has 0 bridgehead atoms. The van der Waals surface area contributed by atoms with Crippen LogP contribution in [0.4, 0.5) is 11.6 Å². The molecule has 4 aromatic heterocycles. The molecule has 0 saturated carbocycles. The van der Waals surface area contributed by atoms with E-state index in [1.54, 1.807) is 6.92 Å². The van der Waals surface area contributed by atoms with E-state index in [0.717, 1.165) is 64.5 Å². The molecule has 62 heavy (non-hydrogen) atoms. The Hall–Kier alpha value is -8.85. The molecular weight excluding hydrogens is 824 g/mol. The van der Waals surface area contributed by atoms with E-state index < -0.39 is 99.8 Å². The SMILES string of the molecule is CCC1=C(O)N=C(O)N(N(c2nc(=O)[nH]c(N3C(O)=NC(O)=C(C)C3n3ccc(=O)[nH]c3=O)c2CC)N2CC(n3ccc(=O)[nH]c3=O)=C(N)N=C2O)C1n1cc(C)c(=O)[nH]c1=O. The number of aliphatic hydroxyl groups excluding tert-OH is 5. The lowest BCUT2D eigenvalue weighted by atomic mass is 10.1. The second kappa shape index (κ2) is 15.4. The van der Waals surface area contributed by atoms with Crippen molar-refractivity contribution in [1.82, 2.24) is 48.6 Å². The Bertz CT molecular complexity index is 3180. The molecule has 0 spiro atoms. The number of nitrogens with one attached hydrogen (secondary N) is 4. The van der Waals surface area contributed by atoms with E-state index >= 15 is 0 Å². The van der Waals surface area contributed by atoms with Crippen LogP contribution in [-0.2, 0) is 6.42 Å². The Morgan fingerprint density at radius 1 is 0.758 bits per heavy atom. The summed E-state index contributed by atoms with van der Waals surface area (Å²) in [6.45, 7) is 5.05. The van der Waals surface area contributed by atoms with E-state index in [9.17, 15) is 59.1 Å². The standard InChI is InChI=1S/C34H36N16O12/c1-5-15-21(48-26(14(4)24(54)42-33(48)61)45-10-8-19(52)37-30(45)58)39-28(56)40-22(15)50(47-12-17(20(35)38-32(47)60)44-9-7-18(51)36-29(44)57)49-27(16(6-2)25(55)43-34(49)62)46-11-13(3)23(53)41-31(46)59/h7-11,26-27,54-55H,5-6,12,35H2,1-4H3,(H,38,60)(H,42,61)(H,43,62)(H,36,51,57)(H,37,52,58)(H,39,40,56)(H,41,53,59). The second-order valence-electron chi connectivity index (χ2n) is 13.6. The van der Waals surface area contributed by atoms with Crippen LogP contribution in [0.2, 0.25) is 0 Å². The lowest BCUT2D eigenvalue weighted by Crippen LogP contribution is -2.64. The van der Waals surface area contributed by atoms with E-state index in [-0.39, 0.29) is 46.6 Å². The van der Waals surface area contributed by atoms with Gasteiger partial charge in [-0.05, 0) is 26.7 Å². The molecule has 28 heteroatoms. The van der Waals surface area contributed by atoms with Gasteiger partial charge in [-0.3, -0.25) is 52.9 Å². The number of aromatic nitrogens is 8. The Labute approximate surface area is 343 Å². The largest absolute Gasteiger partial charge is 0.493 e. The fourth-order valence-corrected chi connectivity index (χ4v) is 7.01. The number of anilines is 2. The zero-order valence-electron chi connectivity index (χ0n) is 32.8. The highest BCUT2D eigenvalue weighted by Crippen LogP contribution is 2.40. The summed E-state index contributed by atoms with van der Waals surface area (Å²) in [6.07, 6.45) is -0.431. The van der Waals surface area contributed by atoms with Crippen molar-refractivity contribution in [2.24, 2.45) is 20.7 Å². The minimum atomic E-state index is -1.75. The number of hydrazine groups is 2. The van der Waals surface area contributed by atoms with E-state index in [2.05, 4.69) is 39.9 Å². The van der Waals surface area contributed by atoms with Gasteiger partial charge in [0.1, 0.15) is 12.0 Å². The maximum absolute atomic E-state index is 13.9. The highest BCUT2D eigenvalue weighted by atomic mass is 16.3. The van der Waals surface area contributed by atoms with Crippen LogP contribution in [-0.4, -0.2) is 98.8 Å². The van der Waals surface area contributed by atoms with Gasteiger partial charge in [0.15, 0.2) is 17.8 Å². The van der Waals surface area contributed by atoms with E-state index in [1.807, 2.05) is 0 Å². The Morgan fingerprint density at radius 3 is 2.05 bits per heavy atom. The zero-order chi connectivity index (χ0) is 45.1. The number of aliphatic hydroxyl groups is 5. The van der Waals surface area contributed by atoms with Gasteiger partial charge < -0.3 is 31.3 Å². The maximum Gasteiger partial charge on any atom is 0.348 e. The zero-order valence-corrected chi connectivity index (χ0v) is 32.8. The van der Waals surface area contributed by atoms with Crippen LogP contribution in [0.5, 0.6) is 0 Å². The van der Waals surface area contributed by atoms with Gasteiger partial charge in [0, 0.05) is 53.0 Å². The van der Waals surface area contributed by atoms with E-state index in [4.69, 9.17) is 5.73 Å². The molecule has 3 aliphatic rings. The van der Waals surface area contributed by atoms with Gasteiger partial charge in [0.05, 0.1) is 12.2 Å². The fraction of sp³-hybridized carbons (Fsp3) is 0.265. The summed E-state index contributed by atoms with van der Waals surface area (Å²) in [5.41, 5.74) is -1.01. The quantitative estimate of drug-likeness (QED) is 0.0885. The van der Waals surface area contributed by atoms with Crippen molar-refractivity contribution >= 4 is 35.4 Å². The molecule has 11 N–H and O–H groups in total. The molecule has 7 rings (SSSR count). The van der Waals surface area contributed by atoms with Crippen molar-refractivity contribution in [1.29, 1.82) is 0 Å². The van der Waals surface area contributed by atoms with Crippen LogP contribution >= 0.6 is 0 Å². The molecule has 3 aliphatic heterocycles. The van der Waals surface area contributed by atoms with Gasteiger partial charge >= 0.3 is 40.8 Å². The van der Waals surface area contributed by atoms with Crippen LogP contribution in [0.3, 0.4) is 0 Å². The van der Waals surface area contributed by atoms with Crippen molar-refractivity contribution in [2.45, 2.75) is 52.9 Å². The first-order valence-corrected chi connectivity index (χ1v) is 18.2. The number of nitrogens with two attached hydrogens (primary N) is 1. The van der Waals surface area contributed by atoms with Crippen LogP contribution in [0.1, 0.15) is 50.7 Å². The number of hydrogen-bond donors (Lipinski definition) is 10. The van der Waals surface area contributed by atoms with Gasteiger partial charge in [-0.2, -0.15) is 30.1 Å². The third-order valence-electron chi connectivity index (χ3n) is 9.92. The van der Waals surface area contributed by atoms with Crippen molar-refractivity contribution < 1.29 is 25.5 Å². The Kier molecular flexibility index (Phi) is 10.3. The molecule has 4 aromatic rings. The van der Waals surface area contributed by atoms with Crippen LogP contribution in [0.15, 0.2) is 108 Å². The number of amidine groups is 3. The minimum absolute atomic E-state index is 0.0215. The Morgan fingerprint density at radius 2 is 1.40 bits per heavy atom. The van der Waals surface area contributed by atoms with Gasteiger partial charge in [-0.1, -0.05) is 13.8 Å². The summed E-state index contributed by atoms with van der Waals surface area (Å²) in [5, 5.41) is 59.2. The van der Waals surface area contributed by atoms with Gasteiger partial charge in [0.25, 0.3) is 16.7 Å². The molecule has 2 unspecified atom stereocenters. The molecule has 0 aromatic carbocycles. The van der Waals surface area contributed by atoms with Crippen LogP contribution in [0, 0.1) is 6.92 Å². The summed E-state index contributed by atoms with van der Waals surface area (Å²) < 4.78 is 2.65. The molecule has 0 saturated heterocycles. The second-order valence-corrected chi connectivity index (χ2v) is 13.6. The molecule has 0 aliphatic carbocycles. The van der Waals surface area contributed by atoms with Crippen molar-refractivity contribution in [3.8, 4) is 0 Å². The molecule has 0 fully saturated rings. The summed E-state index contributed by atoms with van der Waals surface area (Å²) in [6, 6.07) is -1.18. The molecule has 28 nitrogen and oxygen atoms in total. The highest BCUT2D eigenvalue weighted by molar-refractivity contribution is 5.93. The maximum atomic E-state index is 13.9. The number of nitrogens with zero attached hydrogens (tertiary/aromatic N) is 11. The summed E-state index contributed by atoms with van der Waals surface area (Å²) in [7, 11) is 0. The molecule has 0 amide bonds. The minimum Gasteiger partial charge on any atom is -0.493 e. The first-order valence-electron chi connectivity index (χ1n) is 18.2. The van der Waals surface area contributed by atoms with Crippen molar-refractivity contribution in [2.75, 3.05) is 16.6 Å². The number of rotatable bonds is 9. The summed E-state index contributed by atoms with van der Waals surface area (Å²) in [5.74, 6) is -2.93. The van der Waals surface area contributed by atoms with Gasteiger partial charge in [0.2, 0.25) is 11.8 Å². The van der Waals surface area contributed by atoms with E-state index in [0.29, 0.717) is 0 Å². The fourth-order valence-electron chi connectivity index (χ4n) is 7.01. The predicted octanol–water partition coefficient (Wildman–Crippen LogP) is -1.83. The first-order chi connectivity index (χ1) is 29.4. The van der Waals surface area contributed by atoms with Gasteiger partial charge in [-0.15, -0.1) is 0 Å². The first kappa shape index (κ1) is 41.3. The lowest BCUT2D eigenvalue weighted by Gasteiger charge is -2.48. The number of hydrogen-bond acceptors (Lipinski definition) is 18. The third kappa shape index (κ3) is 6.84. The lowest BCUT2D eigenvalue weighted by molar-refractivity contribution is 0.109. The average Bonchev–Trinajstić information content (AvgIpc) is 3.19. The van der Waals surface area contributed by atoms with Crippen molar-refractivity contribution in [3.05, 3.63) is 144 Å². The molecule has 0 radical (unpaired) electrons.